The van der Waals surface area contributed by atoms with Crippen LogP contribution in [0.15, 0.2) is 28.8 Å². The normalized spacial score (nSPS) is 11.1. The number of esters is 1. The molecular formula is C12H12N2O6S. The third-order valence-corrected chi connectivity index (χ3v) is 2.82. The van der Waals surface area contributed by atoms with Gasteiger partial charge in [0.15, 0.2) is 0 Å². The summed E-state index contributed by atoms with van der Waals surface area (Å²) in [4.78, 5) is 15.0. The Morgan fingerprint density at radius 3 is 2.67 bits per heavy atom. The van der Waals surface area contributed by atoms with Crippen molar-refractivity contribution in [2.24, 2.45) is 0 Å². The number of nitrogens with zero attached hydrogens (tertiary/aromatic N) is 1. The van der Waals surface area contributed by atoms with Crippen LogP contribution in [0.4, 0.5) is 5.88 Å². The maximum Gasteiger partial charge on any atom is 0.308 e. The van der Waals surface area contributed by atoms with E-state index in [1.54, 1.807) is 18.2 Å². The Kier molecular flexibility index (Phi) is 3.85. The molecule has 0 aliphatic heterocycles. The van der Waals surface area contributed by atoms with Gasteiger partial charge in [-0.1, -0.05) is 6.07 Å². The van der Waals surface area contributed by atoms with Gasteiger partial charge < -0.3 is 14.3 Å². The van der Waals surface area contributed by atoms with Crippen LogP contribution in [0.3, 0.4) is 0 Å². The van der Waals surface area contributed by atoms with Crippen molar-refractivity contribution in [2.45, 2.75) is 6.92 Å². The number of carbonyl (C=O) groups excluding carboxylic acids is 1. The molecule has 9 heteroatoms. The van der Waals surface area contributed by atoms with Crippen molar-refractivity contribution >= 4 is 21.9 Å². The van der Waals surface area contributed by atoms with Gasteiger partial charge in [-0.25, -0.2) is 13.1 Å². The number of rotatable bonds is 4. The van der Waals surface area contributed by atoms with Crippen LogP contribution in [-0.2, 0) is 14.8 Å². The van der Waals surface area contributed by atoms with Crippen molar-refractivity contribution in [3.05, 3.63) is 24.4 Å². The van der Waals surface area contributed by atoms with Crippen molar-refractivity contribution in [3.8, 4) is 23.0 Å². The molecule has 8 nitrogen and oxygen atoms in total. The predicted octanol–water partition coefficient (Wildman–Crippen LogP) is 1.34. The van der Waals surface area contributed by atoms with Gasteiger partial charge in [0.05, 0.1) is 6.26 Å². The van der Waals surface area contributed by atoms with Crippen LogP contribution in [0, 0.1) is 0 Å². The lowest BCUT2D eigenvalue weighted by Gasteiger charge is -2.02. The summed E-state index contributed by atoms with van der Waals surface area (Å²) in [6.07, 6.45) is 2.36. The van der Waals surface area contributed by atoms with E-state index in [9.17, 15) is 18.3 Å². The largest absolute Gasteiger partial charge is 0.501 e. The monoisotopic (exact) mass is 312 g/mol. The summed E-state index contributed by atoms with van der Waals surface area (Å²) < 4.78 is 34.6. The second kappa shape index (κ2) is 5.44. The SMILES string of the molecule is CC(=O)Oc1c(NS(C)(=O)=O)oc(-c2ccccn2)c1O. The number of anilines is 1. The number of hydrogen-bond donors (Lipinski definition) is 2. The Morgan fingerprint density at radius 2 is 2.14 bits per heavy atom. The second-order valence-corrected chi connectivity index (χ2v) is 5.87. The van der Waals surface area contributed by atoms with Crippen molar-refractivity contribution in [3.63, 3.8) is 0 Å². The Morgan fingerprint density at radius 1 is 1.43 bits per heavy atom. The molecular weight excluding hydrogens is 300 g/mol. The number of ether oxygens (including phenoxy) is 1. The lowest BCUT2D eigenvalue weighted by atomic mass is 10.2. The number of carbonyl (C=O) groups is 1. The molecule has 2 rings (SSSR count). The molecule has 0 saturated heterocycles. The van der Waals surface area contributed by atoms with Gasteiger partial charge in [0.2, 0.25) is 27.3 Å². The first-order chi connectivity index (χ1) is 9.78. The van der Waals surface area contributed by atoms with Crippen LogP contribution in [-0.4, -0.2) is 30.7 Å². The zero-order chi connectivity index (χ0) is 15.6. The Balaban J connectivity index is 2.56. The summed E-state index contributed by atoms with van der Waals surface area (Å²) in [5.74, 6) is -2.18. The first-order valence-electron chi connectivity index (χ1n) is 5.71. The lowest BCUT2D eigenvalue weighted by Crippen LogP contribution is -2.11. The Hall–Kier alpha value is -2.55. The zero-order valence-corrected chi connectivity index (χ0v) is 12.0. The maximum atomic E-state index is 11.3. The number of aromatic hydroxyl groups is 1. The van der Waals surface area contributed by atoms with Crippen molar-refractivity contribution in [1.29, 1.82) is 0 Å². The number of furan rings is 1. The molecule has 0 spiro atoms. The maximum absolute atomic E-state index is 11.3. The third-order valence-electron chi connectivity index (χ3n) is 2.26. The topological polar surface area (TPSA) is 119 Å². The molecule has 2 heterocycles. The molecule has 2 aromatic heterocycles. The summed E-state index contributed by atoms with van der Waals surface area (Å²) in [5, 5.41) is 10.1. The molecule has 0 aliphatic rings. The highest BCUT2D eigenvalue weighted by Crippen LogP contribution is 2.45. The van der Waals surface area contributed by atoms with Crippen LogP contribution >= 0.6 is 0 Å². The Bertz CT molecular complexity index is 767. The van der Waals surface area contributed by atoms with Gasteiger partial charge in [0.1, 0.15) is 5.69 Å². The van der Waals surface area contributed by atoms with E-state index in [-0.39, 0.29) is 11.5 Å². The van der Waals surface area contributed by atoms with E-state index in [0.29, 0.717) is 0 Å². The molecule has 0 radical (unpaired) electrons. The molecule has 21 heavy (non-hydrogen) atoms. The van der Waals surface area contributed by atoms with Crippen LogP contribution in [0.5, 0.6) is 11.5 Å². The summed E-state index contributed by atoms with van der Waals surface area (Å²) in [6, 6.07) is 4.85. The van der Waals surface area contributed by atoms with Gasteiger partial charge in [-0.05, 0) is 12.1 Å². The first-order valence-corrected chi connectivity index (χ1v) is 7.60. The Labute approximate surface area is 120 Å². The van der Waals surface area contributed by atoms with Gasteiger partial charge >= 0.3 is 5.97 Å². The molecule has 0 fully saturated rings. The van der Waals surface area contributed by atoms with Crippen LogP contribution < -0.4 is 9.46 Å². The summed E-state index contributed by atoms with van der Waals surface area (Å²) >= 11 is 0. The first kappa shape index (κ1) is 14.9. The molecule has 0 amide bonds. The van der Waals surface area contributed by atoms with E-state index in [1.807, 2.05) is 4.72 Å². The van der Waals surface area contributed by atoms with Gasteiger partial charge in [-0.3, -0.25) is 9.78 Å². The average Bonchev–Trinajstić information content (AvgIpc) is 2.66. The zero-order valence-electron chi connectivity index (χ0n) is 11.2. The summed E-state index contributed by atoms with van der Waals surface area (Å²) in [5.41, 5.74) is 0.255. The molecule has 0 atom stereocenters. The average molecular weight is 312 g/mol. The number of pyridine rings is 1. The summed E-state index contributed by atoms with van der Waals surface area (Å²) in [7, 11) is -3.69. The minimum atomic E-state index is -3.69. The minimum absolute atomic E-state index is 0.113. The second-order valence-electron chi connectivity index (χ2n) is 4.12. The number of hydrogen-bond acceptors (Lipinski definition) is 7. The van der Waals surface area contributed by atoms with Gasteiger partial charge in [-0.2, -0.15) is 0 Å². The molecule has 0 aromatic carbocycles. The number of sulfonamides is 1. The van der Waals surface area contributed by atoms with Crippen LogP contribution in [0.2, 0.25) is 0 Å². The molecule has 0 unspecified atom stereocenters. The van der Waals surface area contributed by atoms with E-state index >= 15 is 0 Å². The highest BCUT2D eigenvalue weighted by atomic mass is 32.2. The molecule has 2 N–H and O–H groups in total. The predicted molar refractivity (Wildman–Crippen MR) is 73.4 cm³/mol. The van der Waals surface area contributed by atoms with Gasteiger partial charge in [0, 0.05) is 13.1 Å². The highest BCUT2D eigenvalue weighted by molar-refractivity contribution is 7.92. The minimum Gasteiger partial charge on any atom is -0.501 e. The summed E-state index contributed by atoms with van der Waals surface area (Å²) in [6.45, 7) is 1.11. The molecule has 112 valence electrons. The highest BCUT2D eigenvalue weighted by Gasteiger charge is 2.26. The molecule has 0 saturated carbocycles. The quantitative estimate of drug-likeness (QED) is 0.818. The lowest BCUT2D eigenvalue weighted by molar-refractivity contribution is -0.131. The van der Waals surface area contributed by atoms with E-state index < -0.39 is 33.4 Å². The van der Waals surface area contributed by atoms with E-state index in [2.05, 4.69) is 4.98 Å². The van der Waals surface area contributed by atoms with Crippen molar-refractivity contribution in [1.82, 2.24) is 4.98 Å². The van der Waals surface area contributed by atoms with Gasteiger partial charge in [0.25, 0.3) is 5.88 Å². The number of nitrogens with one attached hydrogen (secondary N) is 1. The third kappa shape index (κ3) is 3.51. The van der Waals surface area contributed by atoms with Crippen LogP contribution in [0.25, 0.3) is 11.5 Å². The fourth-order valence-corrected chi connectivity index (χ4v) is 2.02. The molecule has 2 aromatic rings. The standard InChI is InChI=1S/C12H12N2O6S/c1-7(15)19-11-9(16)10(8-5-3-4-6-13-8)20-12(11)14-21(2,17)18/h3-6,14,16H,1-2H3. The van der Waals surface area contributed by atoms with E-state index in [1.165, 1.54) is 6.20 Å². The van der Waals surface area contributed by atoms with Crippen molar-refractivity contribution in [2.75, 3.05) is 11.0 Å². The fourth-order valence-electron chi connectivity index (χ4n) is 1.55. The van der Waals surface area contributed by atoms with Crippen LogP contribution in [0.1, 0.15) is 6.92 Å². The molecule has 0 aliphatic carbocycles. The van der Waals surface area contributed by atoms with Crippen molar-refractivity contribution < 1.29 is 27.5 Å². The number of aromatic nitrogens is 1. The van der Waals surface area contributed by atoms with E-state index in [0.717, 1.165) is 13.2 Å². The van der Waals surface area contributed by atoms with E-state index in [4.69, 9.17) is 9.15 Å². The van der Waals surface area contributed by atoms with Gasteiger partial charge in [-0.15, -0.1) is 0 Å². The smallest absolute Gasteiger partial charge is 0.308 e. The fraction of sp³-hybridized carbons (Fsp3) is 0.167. The molecule has 0 bridgehead atoms.